The summed E-state index contributed by atoms with van der Waals surface area (Å²) in [6.45, 7) is 3.45. The molecular formula is C26H34N2O6S. The maximum atomic E-state index is 12.6. The predicted octanol–water partition coefficient (Wildman–Crippen LogP) is 3.82. The summed E-state index contributed by atoms with van der Waals surface area (Å²) in [7, 11) is 1.63. The monoisotopic (exact) mass is 502 g/mol. The average molecular weight is 503 g/mol. The van der Waals surface area contributed by atoms with Gasteiger partial charge in [-0.1, -0.05) is 49.7 Å². The van der Waals surface area contributed by atoms with E-state index in [4.69, 9.17) is 14.2 Å². The van der Waals surface area contributed by atoms with Gasteiger partial charge in [0.15, 0.2) is 0 Å². The van der Waals surface area contributed by atoms with Crippen LogP contribution in [-0.4, -0.2) is 66.5 Å². The third-order valence-corrected chi connectivity index (χ3v) is 6.68. The topological polar surface area (TPSA) is 97.3 Å². The molecule has 0 spiro atoms. The molecule has 35 heavy (non-hydrogen) atoms. The smallest absolute Gasteiger partial charge is 0.408 e. The van der Waals surface area contributed by atoms with Crippen molar-refractivity contribution in [1.29, 1.82) is 0 Å². The van der Waals surface area contributed by atoms with E-state index in [1.807, 2.05) is 54.6 Å². The highest BCUT2D eigenvalue weighted by Gasteiger charge is 2.32. The second-order valence-electron chi connectivity index (χ2n) is 8.37. The number of cyclic esters (lactones) is 1. The van der Waals surface area contributed by atoms with Crippen LogP contribution in [0.5, 0.6) is 5.75 Å². The molecule has 1 aliphatic rings. The van der Waals surface area contributed by atoms with E-state index in [1.165, 1.54) is 0 Å². The van der Waals surface area contributed by atoms with E-state index in [-0.39, 0.29) is 6.61 Å². The molecule has 2 N–H and O–H groups in total. The number of methoxy groups -OCH3 is 1. The highest BCUT2D eigenvalue weighted by Crippen LogP contribution is 2.27. The quantitative estimate of drug-likeness (QED) is 0.315. The van der Waals surface area contributed by atoms with Crippen LogP contribution in [0.4, 0.5) is 4.79 Å². The number of alkyl carbamates (subject to hydrolysis) is 1. The Balaban J connectivity index is 1.70. The highest BCUT2D eigenvalue weighted by atomic mass is 32.2. The molecule has 1 saturated heterocycles. The summed E-state index contributed by atoms with van der Waals surface area (Å²) in [4.78, 5) is 25.3. The second kappa shape index (κ2) is 14.0. The lowest BCUT2D eigenvalue weighted by molar-refractivity contribution is -0.144. The van der Waals surface area contributed by atoms with Crippen LogP contribution in [0, 0.1) is 0 Å². The fourth-order valence-corrected chi connectivity index (χ4v) is 4.76. The van der Waals surface area contributed by atoms with E-state index in [0.717, 1.165) is 35.6 Å². The van der Waals surface area contributed by atoms with Crippen LogP contribution in [0.15, 0.2) is 59.5 Å². The predicted molar refractivity (Wildman–Crippen MR) is 134 cm³/mol. The Labute approximate surface area is 211 Å². The van der Waals surface area contributed by atoms with Crippen molar-refractivity contribution in [1.82, 2.24) is 9.62 Å². The van der Waals surface area contributed by atoms with Crippen molar-refractivity contribution in [2.24, 2.45) is 0 Å². The van der Waals surface area contributed by atoms with Crippen LogP contribution in [0.25, 0.3) is 0 Å². The van der Waals surface area contributed by atoms with Gasteiger partial charge in [0.2, 0.25) is 6.10 Å². The molecule has 2 aromatic rings. The van der Waals surface area contributed by atoms with E-state index in [0.29, 0.717) is 19.4 Å². The van der Waals surface area contributed by atoms with Gasteiger partial charge in [0.25, 0.3) is 0 Å². The fourth-order valence-electron chi connectivity index (χ4n) is 3.70. The van der Waals surface area contributed by atoms with Crippen molar-refractivity contribution in [2.45, 2.75) is 55.8 Å². The van der Waals surface area contributed by atoms with Gasteiger partial charge in [-0.05, 0) is 48.6 Å². The molecule has 3 atom stereocenters. The minimum Gasteiger partial charge on any atom is -0.497 e. The van der Waals surface area contributed by atoms with E-state index >= 15 is 0 Å². The molecule has 1 heterocycles. The minimum atomic E-state index is -0.908. The minimum absolute atomic E-state index is 0.237. The van der Waals surface area contributed by atoms with Gasteiger partial charge in [0.05, 0.1) is 25.9 Å². The number of esters is 1. The van der Waals surface area contributed by atoms with Crippen molar-refractivity contribution in [3.05, 3.63) is 60.2 Å². The number of amides is 1. The Morgan fingerprint density at radius 2 is 2.06 bits per heavy atom. The van der Waals surface area contributed by atoms with Gasteiger partial charge in [-0.25, -0.2) is 13.9 Å². The first-order chi connectivity index (χ1) is 17.0. The number of unbranched alkanes of at least 4 members (excludes halogenated alkanes) is 1. The molecule has 0 aromatic heterocycles. The molecule has 190 valence electrons. The Morgan fingerprint density at radius 3 is 2.74 bits per heavy atom. The molecule has 9 heteroatoms. The van der Waals surface area contributed by atoms with Crippen LogP contribution < -0.4 is 10.1 Å². The summed E-state index contributed by atoms with van der Waals surface area (Å²) in [5.41, 5.74) is 0.970. The van der Waals surface area contributed by atoms with Crippen LogP contribution in [0.1, 0.15) is 31.7 Å². The molecule has 0 aliphatic carbocycles. The van der Waals surface area contributed by atoms with Gasteiger partial charge in [0, 0.05) is 24.4 Å². The molecule has 8 nitrogen and oxygen atoms in total. The number of rotatable bonds is 13. The first kappa shape index (κ1) is 26.8. The van der Waals surface area contributed by atoms with Crippen LogP contribution in [0.3, 0.4) is 0 Å². The maximum absolute atomic E-state index is 12.6. The lowest BCUT2D eigenvalue weighted by atomic mass is 10.0. The van der Waals surface area contributed by atoms with Crippen molar-refractivity contribution in [3.63, 3.8) is 0 Å². The van der Waals surface area contributed by atoms with Gasteiger partial charge in [-0.2, -0.15) is 0 Å². The van der Waals surface area contributed by atoms with Gasteiger partial charge in [0.1, 0.15) is 5.75 Å². The first-order valence-corrected chi connectivity index (χ1v) is 12.7. The summed E-state index contributed by atoms with van der Waals surface area (Å²) < 4.78 is 17.6. The number of aliphatic hydroxyl groups is 1. The molecule has 0 radical (unpaired) electrons. The van der Waals surface area contributed by atoms with Crippen LogP contribution in [0.2, 0.25) is 0 Å². The second-order valence-corrected chi connectivity index (χ2v) is 9.54. The first-order valence-electron chi connectivity index (χ1n) is 11.9. The maximum Gasteiger partial charge on any atom is 0.408 e. The molecule has 1 amide bonds. The van der Waals surface area contributed by atoms with Gasteiger partial charge >= 0.3 is 12.1 Å². The number of carbonyl (C=O) groups is 2. The van der Waals surface area contributed by atoms with Crippen molar-refractivity contribution < 1.29 is 28.9 Å². The van der Waals surface area contributed by atoms with Crippen LogP contribution in [-0.2, 0) is 20.7 Å². The van der Waals surface area contributed by atoms with E-state index < -0.39 is 30.3 Å². The number of nitrogens with one attached hydrogen (secondary N) is 1. The van der Waals surface area contributed by atoms with Gasteiger partial charge in [-0.15, -0.1) is 0 Å². The Kier molecular flexibility index (Phi) is 10.7. The highest BCUT2D eigenvalue weighted by molar-refractivity contribution is 7.97. The van der Waals surface area contributed by atoms with E-state index in [9.17, 15) is 14.7 Å². The normalized spacial score (nSPS) is 17.0. The standard InChI is InChI=1S/C26H34N2O6S/c1-3-4-14-28(35-21-12-8-11-20(17-21)32-2)18-23(29)22(16-19-9-6-5-7-10-19)27-26(31)34-24-13-15-33-25(24)30/h5-12,17,22-24,29H,3-4,13-16,18H2,1-2H3,(H,27,31). The largest absolute Gasteiger partial charge is 0.497 e. The Bertz CT molecular complexity index is 944. The summed E-state index contributed by atoms with van der Waals surface area (Å²) in [5.74, 6) is 0.225. The summed E-state index contributed by atoms with van der Waals surface area (Å²) in [5, 5.41) is 14.0. The molecule has 0 bridgehead atoms. The zero-order valence-electron chi connectivity index (χ0n) is 20.2. The summed E-state index contributed by atoms with van der Waals surface area (Å²) in [6.07, 6.45) is 0.196. The SMILES string of the molecule is CCCCN(CC(O)C(Cc1ccccc1)NC(=O)OC1CCOC1=O)Sc1cccc(OC)c1. The van der Waals surface area contributed by atoms with E-state index in [1.54, 1.807) is 19.1 Å². The molecular weight excluding hydrogens is 468 g/mol. The Hall–Kier alpha value is -2.75. The molecule has 1 fully saturated rings. The van der Waals surface area contributed by atoms with Gasteiger partial charge in [-0.3, -0.25) is 0 Å². The number of hydrogen-bond donors (Lipinski definition) is 2. The number of nitrogens with zero attached hydrogens (tertiary/aromatic N) is 1. The third-order valence-electron chi connectivity index (χ3n) is 5.63. The van der Waals surface area contributed by atoms with E-state index in [2.05, 4.69) is 16.5 Å². The number of aliphatic hydroxyl groups excluding tert-OH is 1. The van der Waals surface area contributed by atoms with Gasteiger partial charge < -0.3 is 24.6 Å². The zero-order valence-corrected chi connectivity index (χ0v) is 21.0. The Morgan fingerprint density at radius 1 is 1.26 bits per heavy atom. The molecule has 1 aliphatic heterocycles. The van der Waals surface area contributed by atoms with Crippen molar-refractivity contribution in [3.8, 4) is 5.75 Å². The fraction of sp³-hybridized carbons (Fsp3) is 0.462. The van der Waals surface area contributed by atoms with Crippen molar-refractivity contribution in [2.75, 3.05) is 26.8 Å². The molecule has 2 aromatic carbocycles. The van der Waals surface area contributed by atoms with Crippen molar-refractivity contribution >= 4 is 24.0 Å². The lowest BCUT2D eigenvalue weighted by Gasteiger charge is -2.29. The molecule has 0 saturated carbocycles. The zero-order chi connectivity index (χ0) is 25.0. The van der Waals surface area contributed by atoms with Crippen LogP contribution >= 0.6 is 11.9 Å². The number of ether oxygens (including phenoxy) is 3. The summed E-state index contributed by atoms with van der Waals surface area (Å²) >= 11 is 1.54. The molecule has 3 unspecified atom stereocenters. The molecule has 3 rings (SSSR count). The number of hydrogen-bond acceptors (Lipinski definition) is 8. The number of benzene rings is 2. The lowest BCUT2D eigenvalue weighted by Crippen LogP contribution is -2.49. The summed E-state index contributed by atoms with van der Waals surface area (Å²) in [6, 6.07) is 16.8. The third kappa shape index (κ3) is 8.76. The number of carbonyl (C=O) groups excluding carboxylic acids is 2. The average Bonchev–Trinajstić information content (AvgIpc) is 3.26.